The van der Waals surface area contributed by atoms with Crippen LogP contribution in [0.2, 0.25) is 5.02 Å². The maximum absolute atomic E-state index is 12.2. The van der Waals surface area contributed by atoms with Crippen molar-refractivity contribution in [3.05, 3.63) is 93.2 Å². The van der Waals surface area contributed by atoms with Gasteiger partial charge in [-0.25, -0.2) is 0 Å². The van der Waals surface area contributed by atoms with Crippen molar-refractivity contribution in [2.75, 3.05) is 6.54 Å². The highest BCUT2D eigenvalue weighted by atomic mass is 79.9. The van der Waals surface area contributed by atoms with E-state index >= 15 is 0 Å². The molecule has 2 aromatic carbocycles. The Kier molecular flexibility index (Phi) is 4.69. The Labute approximate surface area is 187 Å². The smallest absolute Gasteiger partial charge is 0.181 e. The second-order valence-electron chi connectivity index (χ2n) is 7.84. The monoisotopic (exact) mass is 486 g/mol. The number of fused-ring (bicyclic) bond motifs is 3. The van der Waals surface area contributed by atoms with Gasteiger partial charge < -0.3 is 20.7 Å². The Hall–Kier alpha value is -1.96. The third kappa shape index (κ3) is 2.49. The summed E-state index contributed by atoms with van der Waals surface area (Å²) in [7, 11) is 0. The summed E-state index contributed by atoms with van der Waals surface area (Å²) in [4.78, 5) is 4.39. The highest BCUT2D eigenvalue weighted by Crippen LogP contribution is 2.67. The first-order valence-corrected chi connectivity index (χ1v) is 10.9. The molecule has 1 aliphatic heterocycles. The lowest BCUT2D eigenvalue weighted by Gasteiger charge is -2.40. The predicted molar refractivity (Wildman–Crippen MR) is 117 cm³/mol. The SMILES string of the molecule is NC[C@H]1[C@@H](O)C2(O)c3ncc(Cl)cc3O[C@@]2(c2ccc(Br)cc2)[C@@H]1c1ccccc1. The van der Waals surface area contributed by atoms with Gasteiger partial charge >= 0.3 is 0 Å². The fraction of sp³-hybridized carbons (Fsp3) is 0.261. The average molecular weight is 488 g/mol. The molecule has 5 rings (SSSR count). The van der Waals surface area contributed by atoms with Gasteiger partial charge in [0.2, 0.25) is 0 Å². The van der Waals surface area contributed by atoms with Crippen molar-refractivity contribution in [2.45, 2.75) is 23.2 Å². The van der Waals surface area contributed by atoms with Crippen LogP contribution < -0.4 is 10.5 Å². The van der Waals surface area contributed by atoms with Gasteiger partial charge in [-0.05, 0) is 29.8 Å². The molecule has 5 nitrogen and oxygen atoms in total. The van der Waals surface area contributed by atoms with Crippen LogP contribution in [0.4, 0.5) is 0 Å². The summed E-state index contributed by atoms with van der Waals surface area (Å²) >= 11 is 9.64. The first-order valence-electron chi connectivity index (χ1n) is 9.70. The van der Waals surface area contributed by atoms with Gasteiger partial charge in [0.1, 0.15) is 11.4 Å². The minimum atomic E-state index is -1.80. The maximum atomic E-state index is 12.2. The standard InChI is InChI=1S/C23H20BrClN2O3/c24-15-8-6-14(7-9-15)23-19(13-4-2-1-3-5-13)17(11-26)21(28)22(23,29)20-18(30-23)10-16(25)12-27-20/h1-10,12,17,19,21,28-29H,11,26H2/t17-,19-,21-,22?,23+/m1/s1. The van der Waals surface area contributed by atoms with E-state index in [1.807, 2.05) is 54.6 Å². The number of halogens is 2. The van der Waals surface area contributed by atoms with Crippen LogP contribution in [0.15, 0.2) is 71.3 Å². The number of aliphatic hydroxyl groups is 2. The zero-order valence-electron chi connectivity index (χ0n) is 15.9. The molecular weight excluding hydrogens is 468 g/mol. The second kappa shape index (κ2) is 7.04. The molecule has 1 aliphatic carbocycles. The summed E-state index contributed by atoms with van der Waals surface area (Å²) in [5, 5.41) is 24.0. The second-order valence-corrected chi connectivity index (χ2v) is 9.20. The molecule has 154 valence electrons. The summed E-state index contributed by atoms with van der Waals surface area (Å²) < 4.78 is 7.47. The number of nitrogens with zero attached hydrogens (tertiary/aromatic N) is 1. The van der Waals surface area contributed by atoms with Crippen LogP contribution in [0.1, 0.15) is 22.7 Å². The van der Waals surface area contributed by atoms with Crippen LogP contribution in [0.25, 0.3) is 0 Å². The van der Waals surface area contributed by atoms with Gasteiger partial charge in [0.25, 0.3) is 0 Å². The van der Waals surface area contributed by atoms with Gasteiger partial charge in [0, 0.05) is 28.6 Å². The third-order valence-corrected chi connectivity index (χ3v) is 7.16. The lowest BCUT2D eigenvalue weighted by Crippen LogP contribution is -2.52. The van der Waals surface area contributed by atoms with E-state index in [2.05, 4.69) is 20.9 Å². The van der Waals surface area contributed by atoms with Gasteiger partial charge in [-0.2, -0.15) is 0 Å². The molecule has 0 radical (unpaired) electrons. The van der Waals surface area contributed by atoms with Crippen LogP contribution in [0.3, 0.4) is 0 Å². The van der Waals surface area contributed by atoms with Gasteiger partial charge in [-0.3, -0.25) is 4.98 Å². The summed E-state index contributed by atoms with van der Waals surface area (Å²) in [6.45, 7) is 0.174. The first-order chi connectivity index (χ1) is 14.4. The molecule has 1 fully saturated rings. The predicted octanol–water partition coefficient (Wildman–Crippen LogP) is 3.71. The lowest BCUT2D eigenvalue weighted by atomic mass is 9.71. The summed E-state index contributed by atoms with van der Waals surface area (Å²) in [5.74, 6) is -0.507. The van der Waals surface area contributed by atoms with Crippen molar-refractivity contribution in [3.8, 4) is 5.75 Å². The highest BCUT2D eigenvalue weighted by Gasteiger charge is 2.76. The zero-order valence-corrected chi connectivity index (χ0v) is 18.2. The Morgan fingerprint density at radius 2 is 1.83 bits per heavy atom. The topological polar surface area (TPSA) is 88.6 Å². The van der Waals surface area contributed by atoms with Crippen molar-refractivity contribution < 1.29 is 14.9 Å². The van der Waals surface area contributed by atoms with E-state index in [1.54, 1.807) is 6.07 Å². The Balaban J connectivity index is 1.85. The van der Waals surface area contributed by atoms with E-state index in [0.717, 1.165) is 15.6 Å². The molecule has 2 aliphatic rings. The Bertz CT molecular complexity index is 1100. The molecule has 0 amide bonds. The van der Waals surface area contributed by atoms with Gasteiger partial charge in [0.15, 0.2) is 11.2 Å². The van der Waals surface area contributed by atoms with Crippen LogP contribution in [-0.4, -0.2) is 27.8 Å². The quantitative estimate of drug-likeness (QED) is 0.524. The van der Waals surface area contributed by atoms with Crippen LogP contribution in [0, 0.1) is 5.92 Å². The molecule has 0 bridgehead atoms. The fourth-order valence-corrected chi connectivity index (χ4v) is 5.64. The highest BCUT2D eigenvalue weighted by molar-refractivity contribution is 9.10. The number of ether oxygens (including phenoxy) is 1. The van der Waals surface area contributed by atoms with Crippen LogP contribution in [0.5, 0.6) is 5.75 Å². The molecule has 0 saturated heterocycles. The number of hydrogen-bond acceptors (Lipinski definition) is 5. The van der Waals surface area contributed by atoms with Gasteiger partial charge in [0.05, 0.1) is 11.1 Å². The molecule has 5 atom stereocenters. The third-order valence-electron chi connectivity index (χ3n) is 6.42. The molecule has 3 aromatic rings. The number of pyridine rings is 1. The molecular formula is C23H20BrClN2O3. The number of aliphatic hydroxyl groups excluding tert-OH is 1. The number of hydrogen-bond donors (Lipinski definition) is 3. The summed E-state index contributed by atoms with van der Waals surface area (Å²) in [6.07, 6.45) is 0.269. The molecule has 1 saturated carbocycles. The molecule has 2 heterocycles. The van der Waals surface area contributed by atoms with E-state index in [0.29, 0.717) is 10.8 Å². The normalized spacial score (nSPS) is 31.8. The zero-order chi connectivity index (χ0) is 21.1. The van der Waals surface area contributed by atoms with Crippen LogP contribution in [-0.2, 0) is 11.2 Å². The van der Waals surface area contributed by atoms with Gasteiger partial charge in [-0.1, -0.05) is 70.0 Å². The van der Waals surface area contributed by atoms with Crippen molar-refractivity contribution in [2.24, 2.45) is 11.7 Å². The molecule has 1 aromatic heterocycles. The van der Waals surface area contributed by atoms with E-state index < -0.39 is 29.1 Å². The summed E-state index contributed by atoms with van der Waals surface area (Å²) in [5.41, 5.74) is 4.95. The van der Waals surface area contributed by atoms with Crippen molar-refractivity contribution in [1.82, 2.24) is 4.98 Å². The van der Waals surface area contributed by atoms with Crippen molar-refractivity contribution >= 4 is 27.5 Å². The summed E-state index contributed by atoms with van der Waals surface area (Å²) in [6, 6.07) is 18.9. The number of benzene rings is 2. The number of rotatable bonds is 3. The largest absolute Gasteiger partial charge is 0.476 e. The maximum Gasteiger partial charge on any atom is 0.181 e. The molecule has 4 N–H and O–H groups in total. The molecule has 1 unspecified atom stereocenters. The van der Waals surface area contributed by atoms with Gasteiger partial charge in [-0.15, -0.1) is 0 Å². The van der Waals surface area contributed by atoms with E-state index in [4.69, 9.17) is 22.1 Å². The Morgan fingerprint density at radius 3 is 2.50 bits per heavy atom. The molecule has 30 heavy (non-hydrogen) atoms. The number of nitrogens with two attached hydrogens (primary N) is 1. The van der Waals surface area contributed by atoms with Crippen molar-refractivity contribution in [3.63, 3.8) is 0 Å². The average Bonchev–Trinajstić information content (AvgIpc) is 3.12. The molecule has 7 heteroatoms. The molecule has 0 spiro atoms. The minimum Gasteiger partial charge on any atom is -0.476 e. The first kappa shape index (κ1) is 20.0. The van der Waals surface area contributed by atoms with E-state index in [9.17, 15) is 10.2 Å². The van der Waals surface area contributed by atoms with E-state index in [-0.39, 0.29) is 12.2 Å². The fourth-order valence-electron chi connectivity index (χ4n) is 5.23. The number of aromatic nitrogens is 1. The van der Waals surface area contributed by atoms with E-state index in [1.165, 1.54) is 6.20 Å². The van der Waals surface area contributed by atoms with Crippen LogP contribution >= 0.6 is 27.5 Å². The Morgan fingerprint density at radius 1 is 1.13 bits per heavy atom. The van der Waals surface area contributed by atoms with Crippen molar-refractivity contribution in [1.29, 1.82) is 0 Å². The minimum absolute atomic E-state index is 0.174. The lowest BCUT2D eigenvalue weighted by molar-refractivity contribution is -0.153.